The van der Waals surface area contributed by atoms with E-state index in [2.05, 4.69) is 16.0 Å². The quantitative estimate of drug-likeness (QED) is 0.143. The Morgan fingerprint density at radius 2 is 1.60 bits per heavy atom. The van der Waals surface area contributed by atoms with Gasteiger partial charge in [0.25, 0.3) is 0 Å². The molecular formula is C42H47FN6O8. The number of carbonyl (C=O) groups excluding carboxylic acids is 4. The van der Waals surface area contributed by atoms with Gasteiger partial charge in [-0.1, -0.05) is 56.3 Å². The summed E-state index contributed by atoms with van der Waals surface area (Å²) in [5.74, 6) is -3.36. The molecule has 0 radical (unpaired) electrons. The average Bonchev–Trinajstić information content (AvgIpc) is 3.18. The molecule has 57 heavy (non-hydrogen) atoms. The van der Waals surface area contributed by atoms with Crippen molar-refractivity contribution < 1.29 is 38.2 Å². The Balaban J connectivity index is 0.966. The Bertz CT molecular complexity index is 2240. The number of aryl methyl sites for hydroxylation is 1. The fourth-order valence-electron chi connectivity index (χ4n) is 7.81. The van der Waals surface area contributed by atoms with Crippen LogP contribution in [0.4, 0.5) is 20.6 Å². The standard InChI is InChI=1S/C42H47FN6O8/c1-5-47-22-31(37(52)53)36(51)30-19-32(43)34(20-33(30)47)48-15-17-49(18-16-48)40(56)57-23-27-11-13-29(14-12-27)46-35(50)21-44-38(54)42(24-41(3,4)25-42)39(55)45-26(2)28-9-7-6-8-10-28/h6-14,19-20,22,26H,5,15-18,21,23-25H2,1-4H3,(H,44,54)(H,45,55)(H,46,50)(H,52,53). The second-order valence-corrected chi connectivity index (χ2v) is 15.4. The second-order valence-electron chi connectivity index (χ2n) is 15.4. The minimum atomic E-state index is -1.38. The van der Waals surface area contributed by atoms with Crippen LogP contribution in [0.25, 0.3) is 10.9 Å². The molecule has 1 aromatic heterocycles. The summed E-state index contributed by atoms with van der Waals surface area (Å²) in [5, 5.41) is 17.8. The van der Waals surface area contributed by atoms with E-state index in [1.54, 1.807) is 40.7 Å². The Hall–Kier alpha value is -6.25. The van der Waals surface area contributed by atoms with E-state index in [0.717, 1.165) is 11.6 Å². The molecule has 6 rings (SSSR count). The lowest BCUT2D eigenvalue weighted by atomic mass is 9.53. The molecule has 0 spiro atoms. The van der Waals surface area contributed by atoms with Gasteiger partial charge >= 0.3 is 12.1 Å². The van der Waals surface area contributed by atoms with Crippen molar-refractivity contribution in [2.45, 2.75) is 59.7 Å². The van der Waals surface area contributed by atoms with Gasteiger partial charge in [-0.2, -0.15) is 0 Å². The van der Waals surface area contributed by atoms with Gasteiger partial charge in [-0.05, 0) is 67.5 Å². The van der Waals surface area contributed by atoms with E-state index in [0.29, 0.717) is 49.2 Å². The summed E-state index contributed by atoms with van der Waals surface area (Å²) >= 11 is 0. The zero-order valence-electron chi connectivity index (χ0n) is 32.4. The number of hydrogen-bond acceptors (Lipinski definition) is 8. The predicted octanol–water partition coefficient (Wildman–Crippen LogP) is 5.06. The maximum Gasteiger partial charge on any atom is 0.410 e. The van der Waals surface area contributed by atoms with Crippen LogP contribution in [0.1, 0.15) is 68.1 Å². The third-order valence-corrected chi connectivity index (χ3v) is 10.7. The molecule has 1 saturated carbocycles. The molecular weight excluding hydrogens is 735 g/mol. The molecule has 300 valence electrons. The number of ether oxygens (including phenoxy) is 1. The monoisotopic (exact) mass is 782 g/mol. The number of nitrogens with zero attached hydrogens (tertiary/aromatic N) is 3. The van der Waals surface area contributed by atoms with E-state index in [1.807, 2.05) is 51.1 Å². The number of anilines is 2. The Morgan fingerprint density at radius 1 is 0.930 bits per heavy atom. The highest BCUT2D eigenvalue weighted by molar-refractivity contribution is 6.07. The maximum atomic E-state index is 15.3. The summed E-state index contributed by atoms with van der Waals surface area (Å²) in [5.41, 5.74) is 0.0810. The van der Waals surface area contributed by atoms with E-state index in [9.17, 15) is 33.9 Å². The van der Waals surface area contributed by atoms with Crippen LogP contribution in [0, 0.1) is 16.6 Å². The zero-order valence-corrected chi connectivity index (χ0v) is 32.4. The lowest BCUT2D eigenvalue weighted by Gasteiger charge is -2.50. The molecule has 4 aromatic rings. The van der Waals surface area contributed by atoms with Crippen molar-refractivity contribution in [3.63, 3.8) is 0 Å². The summed E-state index contributed by atoms with van der Waals surface area (Å²) in [6.45, 7) is 8.79. The van der Waals surface area contributed by atoms with Crippen LogP contribution in [0.2, 0.25) is 0 Å². The Kier molecular flexibility index (Phi) is 11.7. The fraction of sp³-hybridized carbons (Fsp3) is 0.381. The highest BCUT2D eigenvalue weighted by atomic mass is 19.1. The number of carboxylic acids is 1. The lowest BCUT2D eigenvalue weighted by molar-refractivity contribution is -0.159. The van der Waals surface area contributed by atoms with E-state index in [-0.39, 0.29) is 54.7 Å². The van der Waals surface area contributed by atoms with Gasteiger partial charge in [0.2, 0.25) is 23.2 Å². The summed E-state index contributed by atoms with van der Waals surface area (Å²) in [7, 11) is 0. The van der Waals surface area contributed by atoms with Gasteiger partial charge in [0.1, 0.15) is 23.4 Å². The van der Waals surface area contributed by atoms with Gasteiger partial charge in [0, 0.05) is 50.0 Å². The SMILES string of the molecule is CCn1cc(C(=O)O)c(=O)c2cc(F)c(N3CCN(C(=O)OCc4ccc(NC(=O)CNC(=O)C5(C(=O)NC(C)c6ccccc6)CC(C)(C)C5)cc4)CC3)cc21. The minimum Gasteiger partial charge on any atom is -0.477 e. The molecule has 1 unspecified atom stereocenters. The van der Waals surface area contributed by atoms with Crippen LogP contribution >= 0.6 is 0 Å². The number of hydrogen-bond donors (Lipinski definition) is 4. The van der Waals surface area contributed by atoms with Crippen LogP contribution < -0.4 is 26.3 Å². The van der Waals surface area contributed by atoms with Gasteiger partial charge in [-0.3, -0.25) is 19.2 Å². The average molecular weight is 783 g/mol. The van der Waals surface area contributed by atoms with Crippen molar-refractivity contribution in [1.82, 2.24) is 20.1 Å². The highest BCUT2D eigenvalue weighted by Gasteiger charge is 2.59. The number of fused-ring (bicyclic) bond motifs is 1. The topological polar surface area (TPSA) is 179 Å². The lowest BCUT2D eigenvalue weighted by Crippen LogP contribution is -2.61. The number of nitrogens with one attached hydrogen (secondary N) is 3. The third kappa shape index (κ3) is 8.77. The number of pyridine rings is 1. The van der Waals surface area contributed by atoms with Gasteiger partial charge < -0.3 is 40.2 Å². The minimum absolute atomic E-state index is 0.0160. The van der Waals surface area contributed by atoms with Crippen molar-refractivity contribution in [1.29, 1.82) is 0 Å². The summed E-state index contributed by atoms with van der Waals surface area (Å²) < 4.78 is 22.4. The van der Waals surface area contributed by atoms with E-state index >= 15 is 4.39 Å². The van der Waals surface area contributed by atoms with Crippen LogP contribution in [0.5, 0.6) is 0 Å². The molecule has 1 aliphatic carbocycles. The number of amides is 4. The van der Waals surface area contributed by atoms with Gasteiger partial charge in [0.05, 0.1) is 23.8 Å². The number of aromatic nitrogens is 1. The molecule has 0 bridgehead atoms. The molecule has 15 heteroatoms. The zero-order chi connectivity index (χ0) is 41.1. The molecule has 14 nitrogen and oxygen atoms in total. The smallest absolute Gasteiger partial charge is 0.410 e. The number of carbonyl (C=O) groups is 5. The largest absolute Gasteiger partial charge is 0.477 e. The molecule has 2 heterocycles. The van der Waals surface area contributed by atoms with Crippen molar-refractivity contribution in [2.24, 2.45) is 10.8 Å². The first-order valence-electron chi connectivity index (χ1n) is 18.9. The van der Waals surface area contributed by atoms with Crippen LogP contribution in [0.15, 0.2) is 77.7 Å². The Labute approximate surface area is 329 Å². The van der Waals surface area contributed by atoms with Gasteiger partial charge in [0.15, 0.2) is 0 Å². The van der Waals surface area contributed by atoms with Crippen LogP contribution in [0.3, 0.4) is 0 Å². The first-order valence-corrected chi connectivity index (χ1v) is 18.9. The van der Waals surface area contributed by atoms with Crippen molar-refractivity contribution in [3.05, 3.63) is 106 Å². The first-order chi connectivity index (χ1) is 27.1. The predicted molar refractivity (Wildman–Crippen MR) is 211 cm³/mol. The van der Waals surface area contributed by atoms with Crippen molar-refractivity contribution in [2.75, 3.05) is 42.9 Å². The van der Waals surface area contributed by atoms with Crippen molar-refractivity contribution in [3.8, 4) is 0 Å². The fourth-order valence-corrected chi connectivity index (χ4v) is 7.81. The van der Waals surface area contributed by atoms with Crippen LogP contribution in [-0.4, -0.2) is 77.1 Å². The van der Waals surface area contributed by atoms with E-state index in [1.165, 1.54) is 17.2 Å². The second kappa shape index (κ2) is 16.5. The maximum absolute atomic E-state index is 15.3. The highest BCUT2D eigenvalue weighted by Crippen LogP contribution is 2.54. The van der Waals surface area contributed by atoms with E-state index < -0.39 is 46.1 Å². The summed E-state index contributed by atoms with van der Waals surface area (Å²) in [6.07, 6.45) is 1.44. The summed E-state index contributed by atoms with van der Waals surface area (Å²) in [4.78, 5) is 80.1. The molecule has 1 atom stereocenters. The van der Waals surface area contributed by atoms with Gasteiger partial charge in [-0.25, -0.2) is 14.0 Å². The van der Waals surface area contributed by atoms with Crippen LogP contribution in [-0.2, 0) is 32.3 Å². The molecule has 2 fully saturated rings. The molecule has 1 aliphatic heterocycles. The first kappa shape index (κ1) is 40.4. The number of aromatic carboxylic acids is 1. The molecule has 4 amide bonds. The number of benzene rings is 3. The van der Waals surface area contributed by atoms with Crippen molar-refractivity contribution >= 4 is 52.1 Å². The molecule has 2 aliphatic rings. The number of piperazine rings is 1. The molecule has 4 N–H and O–H groups in total. The summed E-state index contributed by atoms with van der Waals surface area (Å²) in [6, 6.07) is 18.5. The molecule has 1 saturated heterocycles. The number of rotatable bonds is 12. The third-order valence-electron chi connectivity index (χ3n) is 10.7. The normalized spacial score (nSPS) is 16.2. The number of carboxylic acid groups (broad SMARTS) is 1. The number of halogens is 1. The van der Waals surface area contributed by atoms with Gasteiger partial charge in [-0.15, -0.1) is 0 Å². The Morgan fingerprint density at radius 3 is 2.21 bits per heavy atom. The van der Waals surface area contributed by atoms with E-state index in [4.69, 9.17) is 4.74 Å². The molecule has 3 aromatic carbocycles.